The molecule has 0 aliphatic rings. The Balaban J connectivity index is 1.19. The van der Waals surface area contributed by atoms with E-state index in [1.165, 1.54) is 67.3 Å². The quantitative estimate of drug-likeness (QED) is 0.0634. The van der Waals surface area contributed by atoms with Crippen LogP contribution in [0.4, 0.5) is 22.7 Å². The molecule has 8 aromatic rings. The van der Waals surface area contributed by atoms with Crippen molar-refractivity contribution in [1.29, 1.82) is 0 Å². The fraction of sp³-hybridized carbons (Fsp3) is 0.250. The summed E-state index contributed by atoms with van der Waals surface area (Å²) >= 11 is 0. The summed E-state index contributed by atoms with van der Waals surface area (Å²) in [6.45, 7) is 16.3. The van der Waals surface area contributed by atoms with Crippen LogP contribution in [-0.4, -0.2) is 26.2 Å². The summed E-state index contributed by atoms with van der Waals surface area (Å²) in [6, 6.07) is 81.2. The summed E-state index contributed by atoms with van der Waals surface area (Å²) in [4.78, 5) is 10.0. The van der Waals surface area contributed by atoms with Crippen LogP contribution < -0.4 is 19.6 Å². The third kappa shape index (κ3) is 12.5. The van der Waals surface area contributed by atoms with Gasteiger partial charge in [0.1, 0.15) is 0 Å². The minimum Gasteiger partial charge on any atom is -0.367 e. The zero-order valence-corrected chi connectivity index (χ0v) is 40.8. The van der Waals surface area contributed by atoms with Gasteiger partial charge in [-0.15, -0.1) is 0 Å². The predicted octanol–water partition coefficient (Wildman–Crippen LogP) is 15.5. The van der Waals surface area contributed by atoms with Gasteiger partial charge in [-0.25, -0.2) is 0 Å². The van der Waals surface area contributed by atoms with E-state index in [2.05, 4.69) is 266 Å². The van der Waals surface area contributed by atoms with Crippen molar-refractivity contribution in [2.45, 2.75) is 78.6 Å². The van der Waals surface area contributed by atoms with E-state index in [1.807, 2.05) is 0 Å². The first-order valence-corrected chi connectivity index (χ1v) is 25.1. The molecule has 4 nitrogen and oxygen atoms in total. The summed E-state index contributed by atoms with van der Waals surface area (Å²) < 4.78 is 0. The summed E-state index contributed by atoms with van der Waals surface area (Å²) in [5.41, 5.74) is 15.8. The molecule has 0 aliphatic heterocycles. The molecule has 8 aromatic carbocycles. The van der Waals surface area contributed by atoms with Crippen molar-refractivity contribution in [3.05, 3.63) is 263 Å². The molecule has 0 saturated carbocycles. The molecule has 68 heavy (non-hydrogen) atoms. The van der Waals surface area contributed by atoms with E-state index < -0.39 is 0 Å². The molecule has 0 N–H and O–H groups in total. The molecule has 0 saturated heterocycles. The van der Waals surface area contributed by atoms with Crippen molar-refractivity contribution < 1.29 is 0 Å². The van der Waals surface area contributed by atoms with Crippen LogP contribution in [0.15, 0.2) is 218 Å². The summed E-state index contributed by atoms with van der Waals surface area (Å²) in [7, 11) is 0. The molecule has 0 atom stereocenters. The molecule has 0 fully saturated rings. The fourth-order valence-electron chi connectivity index (χ4n) is 9.90. The third-order valence-electron chi connectivity index (χ3n) is 13.7. The molecular weight excluding hydrogens is 825 g/mol. The van der Waals surface area contributed by atoms with E-state index in [0.717, 1.165) is 65.2 Å². The summed E-state index contributed by atoms with van der Waals surface area (Å²) in [5.74, 6) is 0.343. The second-order valence-corrected chi connectivity index (χ2v) is 18.1. The van der Waals surface area contributed by atoms with Gasteiger partial charge in [0, 0.05) is 86.9 Å². The molecule has 0 heterocycles. The van der Waals surface area contributed by atoms with Crippen molar-refractivity contribution in [1.82, 2.24) is 0 Å². The van der Waals surface area contributed by atoms with Crippen LogP contribution in [0.1, 0.15) is 96.9 Å². The highest BCUT2D eigenvalue weighted by atomic mass is 15.1. The number of nitrogens with zero attached hydrogens (tertiary/aromatic N) is 4. The lowest BCUT2D eigenvalue weighted by Crippen LogP contribution is -2.23. The van der Waals surface area contributed by atoms with Gasteiger partial charge in [0.2, 0.25) is 0 Å². The summed E-state index contributed by atoms with van der Waals surface area (Å²) in [6.07, 6.45) is 1.95. The lowest BCUT2D eigenvalue weighted by Gasteiger charge is -2.29. The maximum atomic E-state index is 2.51. The van der Waals surface area contributed by atoms with E-state index in [1.54, 1.807) is 0 Å². The second-order valence-electron chi connectivity index (χ2n) is 18.1. The van der Waals surface area contributed by atoms with Crippen molar-refractivity contribution in [2.24, 2.45) is 0 Å². The maximum absolute atomic E-state index is 2.51. The highest BCUT2D eigenvalue weighted by Crippen LogP contribution is 2.40. The van der Waals surface area contributed by atoms with Gasteiger partial charge < -0.3 is 19.6 Å². The van der Waals surface area contributed by atoms with E-state index in [9.17, 15) is 0 Å². The molecular formula is C64H70N4. The molecule has 8 rings (SSSR count). The monoisotopic (exact) mass is 895 g/mol. The fourth-order valence-corrected chi connectivity index (χ4v) is 9.90. The number of hydrogen-bond acceptors (Lipinski definition) is 4. The van der Waals surface area contributed by atoms with Crippen molar-refractivity contribution in [2.75, 3.05) is 45.8 Å². The Bertz CT molecular complexity index is 2340. The Morgan fingerprint density at radius 1 is 0.265 bits per heavy atom. The zero-order valence-electron chi connectivity index (χ0n) is 40.8. The van der Waals surface area contributed by atoms with Crippen molar-refractivity contribution in [3.63, 3.8) is 0 Å². The smallest absolute Gasteiger partial charge is 0.0429 e. The lowest BCUT2D eigenvalue weighted by molar-refractivity contribution is 0.611. The topological polar surface area (TPSA) is 13.0 Å². The van der Waals surface area contributed by atoms with Gasteiger partial charge >= 0.3 is 0 Å². The normalized spacial score (nSPS) is 11.2. The first kappa shape index (κ1) is 47.5. The van der Waals surface area contributed by atoms with Crippen LogP contribution in [-0.2, 0) is 26.2 Å². The Hall–Kier alpha value is -7.04. The maximum Gasteiger partial charge on any atom is 0.0429 e. The highest BCUT2D eigenvalue weighted by Gasteiger charge is 2.24. The van der Waals surface area contributed by atoms with Crippen LogP contribution in [0.2, 0.25) is 0 Å². The van der Waals surface area contributed by atoms with Gasteiger partial charge in [0.15, 0.2) is 0 Å². The van der Waals surface area contributed by atoms with Crippen LogP contribution in [0.5, 0.6) is 0 Å². The van der Waals surface area contributed by atoms with Crippen LogP contribution in [0.3, 0.4) is 0 Å². The van der Waals surface area contributed by atoms with Crippen LogP contribution in [0.25, 0.3) is 0 Å². The van der Waals surface area contributed by atoms with Crippen molar-refractivity contribution in [3.8, 4) is 0 Å². The van der Waals surface area contributed by atoms with Gasteiger partial charge in [-0.2, -0.15) is 0 Å². The van der Waals surface area contributed by atoms with Gasteiger partial charge in [-0.1, -0.05) is 170 Å². The molecule has 0 aromatic heterocycles. The Labute approximate surface area is 408 Å². The van der Waals surface area contributed by atoms with E-state index >= 15 is 0 Å². The molecule has 0 amide bonds. The van der Waals surface area contributed by atoms with Gasteiger partial charge in [0.05, 0.1) is 0 Å². The number of rotatable bonds is 23. The zero-order chi connectivity index (χ0) is 46.9. The predicted molar refractivity (Wildman–Crippen MR) is 291 cm³/mol. The van der Waals surface area contributed by atoms with Gasteiger partial charge in [0.25, 0.3) is 0 Å². The molecule has 346 valence electrons. The van der Waals surface area contributed by atoms with Gasteiger partial charge in [-0.3, -0.25) is 0 Å². The Kier molecular flexibility index (Phi) is 16.8. The largest absolute Gasteiger partial charge is 0.367 e. The van der Waals surface area contributed by atoms with Crippen molar-refractivity contribution >= 4 is 22.7 Å². The first-order valence-electron chi connectivity index (χ1n) is 25.1. The molecule has 4 heteroatoms. The molecule has 0 aliphatic carbocycles. The third-order valence-corrected chi connectivity index (χ3v) is 13.7. The molecule has 0 radical (unpaired) electrons. The Morgan fingerprint density at radius 3 is 0.691 bits per heavy atom. The highest BCUT2D eigenvalue weighted by molar-refractivity contribution is 5.57. The number of anilines is 4. The minimum absolute atomic E-state index is 0.171. The van der Waals surface area contributed by atoms with E-state index in [-0.39, 0.29) is 11.8 Å². The average Bonchev–Trinajstić information content (AvgIpc) is 3.40. The van der Waals surface area contributed by atoms with Crippen LogP contribution in [0, 0.1) is 0 Å². The average molecular weight is 895 g/mol. The van der Waals surface area contributed by atoms with Gasteiger partial charge in [-0.05, 0) is 134 Å². The number of benzene rings is 8. The minimum atomic E-state index is 0.171. The molecule has 0 bridgehead atoms. The number of hydrogen-bond donors (Lipinski definition) is 0. The lowest BCUT2D eigenvalue weighted by atomic mass is 9.80. The van der Waals surface area contributed by atoms with E-state index in [4.69, 9.17) is 0 Å². The van der Waals surface area contributed by atoms with E-state index in [0.29, 0.717) is 0 Å². The second kappa shape index (κ2) is 24.1. The summed E-state index contributed by atoms with van der Waals surface area (Å²) in [5, 5.41) is 0. The molecule has 0 spiro atoms. The SMILES string of the molecule is CCN(Cc1ccccc1)c1cccc(C(CCC(c2cccc(N(CC)Cc3ccccc3)c2)c2cccc(N(CC)Cc3ccccc3)c2)c2cccc(N(CC)Cc3ccccc3)c2)c1. The van der Waals surface area contributed by atoms with Crippen LogP contribution >= 0.6 is 0 Å². The Morgan fingerprint density at radius 2 is 0.485 bits per heavy atom. The first-order chi connectivity index (χ1) is 33.5. The molecule has 0 unspecified atom stereocenters. The standard InChI is InChI=1S/C64H70N4/c1-5-65(47-51-25-13-9-14-26-51)59-37-21-33-55(43-59)63(56-34-22-38-60(44-56)66(6-2)48-52-27-15-10-16-28-52)41-42-64(57-35-23-39-61(45-57)67(7-3)49-53-29-17-11-18-30-53)58-36-24-40-62(46-58)68(8-4)50-54-31-19-12-20-32-54/h9-40,43-46,63-64H,5-8,41-42,47-50H2,1-4H3.